The Kier molecular flexibility index (Phi) is 7.77. The van der Waals surface area contributed by atoms with Crippen molar-refractivity contribution in [3.8, 4) is 5.75 Å². The van der Waals surface area contributed by atoms with Crippen LogP contribution in [0.15, 0.2) is 66.0 Å². The maximum Gasteiger partial charge on any atom is 0.422 e. The molecule has 1 atom stereocenters. The first-order valence-corrected chi connectivity index (χ1v) is 11.7. The number of amides is 2. The Bertz CT molecular complexity index is 1480. The first kappa shape index (κ1) is 26.8. The van der Waals surface area contributed by atoms with Gasteiger partial charge in [-0.2, -0.15) is 13.2 Å². The second kappa shape index (κ2) is 11.0. The number of methoxy groups -OCH3 is 1. The summed E-state index contributed by atoms with van der Waals surface area (Å²) in [5.41, 5.74) is -0.156. The average molecular weight is 527 g/mol. The molecule has 0 aliphatic carbocycles. The number of ether oxygens (including phenoxy) is 2. The zero-order valence-corrected chi connectivity index (χ0v) is 20.4. The highest BCUT2D eigenvalue weighted by Crippen LogP contribution is 2.32. The molecule has 38 heavy (non-hydrogen) atoms. The lowest BCUT2D eigenvalue weighted by atomic mass is 10.1. The molecule has 0 saturated carbocycles. The molecule has 0 radical (unpaired) electrons. The van der Waals surface area contributed by atoms with Crippen LogP contribution < -0.4 is 10.3 Å². The zero-order chi connectivity index (χ0) is 27.4. The number of carbonyl (C=O) groups is 2. The van der Waals surface area contributed by atoms with Gasteiger partial charge >= 0.3 is 6.18 Å². The molecule has 0 spiro atoms. The predicted octanol–water partition coefficient (Wildman–Crippen LogP) is 4.24. The van der Waals surface area contributed by atoms with E-state index in [0.29, 0.717) is 23.1 Å². The monoisotopic (exact) mass is 527 g/mol. The molecular weight excluding hydrogens is 503 g/mol. The van der Waals surface area contributed by atoms with Crippen molar-refractivity contribution >= 4 is 28.9 Å². The fourth-order valence-corrected chi connectivity index (χ4v) is 4.11. The Morgan fingerprint density at radius 1 is 1.08 bits per heavy atom. The van der Waals surface area contributed by atoms with Crippen molar-refractivity contribution in [3.63, 3.8) is 0 Å². The molecule has 1 unspecified atom stereocenters. The second-order valence-electron chi connectivity index (χ2n) is 8.45. The predicted molar refractivity (Wildman–Crippen MR) is 134 cm³/mol. The number of para-hydroxylation sites is 1. The van der Waals surface area contributed by atoms with Gasteiger partial charge in [-0.1, -0.05) is 30.4 Å². The third-order valence-corrected chi connectivity index (χ3v) is 5.98. The maximum atomic E-state index is 13.2. The molecule has 11 heteroatoms. The molecular formula is C27H24F3N3O5. The van der Waals surface area contributed by atoms with Gasteiger partial charge in [-0.3, -0.25) is 23.9 Å². The summed E-state index contributed by atoms with van der Waals surface area (Å²) in [6.07, 6.45) is 0.498. The van der Waals surface area contributed by atoms with Crippen molar-refractivity contribution < 1.29 is 32.2 Å². The normalized spacial score (nSPS) is 14.4. The van der Waals surface area contributed by atoms with Gasteiger partial charge in [-0.05, 0) is 30.7 Å². The van der Waals surface area contributed by atoms with E-state index in [1.54, 1.807) is 42.6 Å². The van der Waals surface area contributed by atoms with Crippen molar-refractivity contribution in [2.75, 3.05) is 20.3 Å². The van der Waals surface area contributed by atoms with Crippen molar-refractivity contribution in [2.45, 2.75) is 25.1 Å². The molecule has 4 rings (SSSR count). The third-order valence-electron chi connectivity index (χ3n) is 5.98. The molecule has 1 aliphatic heterocycles. The van der Waals surface area contributed by atoms with E-state index in [2.05, 4.69) is 11.6 Å². The van der Waals surface area contributed by atoms with Crippen LogP contribution in [0.25, 0.3) is 17.1 Å². The smallest absolute Gasteiger partial charge is 0.422 e. The van der Waals surface area contributed by atoms with Crippen LogP contribution in [0.4, 0.5) is 13.2 Å². The lowest BCUT2D eigenvalue weighted by molar-refractivity contribution is -0.153. The molecule has 1 aromatic heterocycles. The minimum atomic E-state index is -4.61. The molecule has 0 fully saturated rings. The standard InChI is InChI=1S/C27H24F3N3O5/c1-3-17(37-2)8-7-14-32-22(31-20-11-5-4-9-18(20)24(32)34)13-15-33-25(35)19-10-6-12-21(23(19)26(33)36)38-16-27(28,29)30/h3-7,9-12,14,17H,1,8,13,15-16H2,2H3/b14-7+. The van der Waals surface area contributed by atoms with E-state index in [4.69, 9.17) is 9.47 Å². The van der Waals surface area contributed by atoms with Gasteiger partial charge in [-0.25, -0.2) is 4.98 Å². The van der Waals surface area contributed by atoms with Gasteiger partial charge in [0.05, 0.1) is 28.1 Å². The maximum absolute atomic E-state index is 13.2. The van der Waals surface area contributed by atoms with E-state index in [1.165, 1.54) is 29.9 Å². The van der Waals surface area contributed by atoms with Gasteiger partial charge < -0.3 is 9.47 Å². The SMILES string of the molecule is C=CC(C/C=C/n1c(CCN2C(=O)c3cccc(OCC(F)(F)F)c3C2=O)nc2ccccc2c1=O)OC. The molecule has 0 saturated heterocycles. The third kappa shape index (κ3) is 5.52. The Labute approximate surface area is 215 Å². The van der Waals surface area contributed by atoms with Crippen molar-refractivity contribution in [3.05, 3.63) is 88.5 Å². The van der Waals surface area contributed by atoms with Crippen LogP contribution in [0.5, 0.6) is 5.75 Å². The van der Waals surface area contributed by atoms with E-state index in [-0.39, 0.29) is 41.5 Å². The van der Waals surface area contributed by atoms with Crippen LogP contribution >= 0.6 is 0 Å². The molecule has 0 N–H and O–H groups in total. The summed E-state index contributed by atoms with van der Waals surface area (Å²) in [6.45, 7) is 1.94. The molecule has 198 valence electrons. The Balaban J connectivity index is 1.62. The first-order valence-electron chi connectivity index (χ1n) is 11.7. The Morgan fingerprint density at radius 3 is 2.55 bits per heavy atom. The number of imide groups is 1. The van der Waals surface area contributed by atoms with E-state index < -0.39 is 24.6 Å². The van der Waals surface area contributed by atoms with E-state index >= 15 is 0 Å². The summed E-state index contributed by atoms with van der Waals surface area (Å²) in [4.78, 5) is 44.7. The molecule has 0 bridgehead atoms. The number of benzene rings is 2. The fourth-order valence-electron chi connectivity index (χ4n) is 4.11. The average Bonchev–Trinajstić information content (AvgIpc) is 3.14. The summed E-state index contributed by atoms with van der Waals surface area (Å²) in [5.74, 6) is -1.47. The van der Waals surface area contributed by atoms with Crippen LogP contribution in [-0.2, 0) is 11.2 Å². The molecule has 8 nitrogen and oxygen atoms in total. The Hall–Kier alpha value is -4.25. The highest BCUT2D eigenvalue weighted by Gasteiger charge is 2.39. The number of halogens is 3. The highest BCUT2D eigenvalue weighted by atomic mass is 19.4. The minimum Gasteiger partial charge on any atom is -0.483 e. The Morgan fingerprint density at radius 2 is 1.84 bits per heavy atom. The van der Waals surface area contributed by atoms with Crippen molar-refractivity contribution in [1.29, 1.82) is 0 Å². The zero-order valence-electron chi connectivity index (χ0n) is 20.4. The van der Waals surface area contributed by atoms with Gasteiger partial charge in [0.15, 0.2) is 6.61 Å². The molecule has 1 aliphatic rings. The number of rotatable bonds is 10. The lowest BCUT2D eigenvalue weighted by Crippen LogP contribution is -2.33. The number of alkyl halides is 3. The summed E-state index contributed by atoms with van der Waals surface area (Å²) in [6, 6.07) is 10.7. The van der Waals surface area contributed by atoms with Crippen LogP contribution in [0.2, 0.25) is 0 Å². The van der Waals surface area contributed by atoms with Gasteiger partial charge in [0.1, 0.15) is 11.6 Å². The summed E-state index contributed by atoms with van der Waals surface area (Å²) < 4.78 is 49.4. The lowest BCUT2D eigenvalue weighted by Gasteiger charge is -2.16. The molecule has 2 aromatic carbocycles. The van der Waals surface area contributed by atoms with E-state index in [1.807, 2.05) is 0 Å². The quantitative estimate of drug-likeness (QED) is 0.290. The summed E-state index contributed by atoms with van der Waals surface area (Å²) >= 11 is 0. The summed E-state index contributed by atoms with van der Waals surface area (Å²) in [5, 5.41) is 0.389. The number of hydrogen-bond acceptors (Lipinski definition) is 6. The van der Waals surface area contributed by atoms with Crippen LogP contribution in [0.3, 0.4) is 0 Å². The van der Waals surface area contributed by atoms with Crippen LogP contribution in [0, 0.1) is 0 Å². The largest absolute Gasteiger partial charge is 0.483 e. The number of hydrogen-bond donors (Lipinski definition) is 0. The number of carbonyl (C=O) groups excluding carboxylic acids is 2. The molecule has 3 aromatic rings. The number of nitrogens with zero attached hydrogens (tertiary/aromatic N) is 3. The van der Waals surface area contributed by atoms with Gasteiger partial charge in [-0.15, -0.1) is 6.58 Å². The van der Waals surface area contributed by atoms with Crippen LogP contribution in [-0.4, -0.2) is 58.8 Å². The number of aromatic nitrogens is 2. The van der Waals surface area contributed by atoms with Gasteiger partial charge in [0, 0.05) is 26.3 Å². The first-order chi connectivity index (χ1) is 18.1. The second-order valence-corrected chi connectivity index (χ2v) is 8.45. The molecule has 2 amide bonds. The summed E-state index contributed by atoms with van der Waals surface area (Å²) in [7, 11) is 1.54. The van der Waals surface area contributed by atoms with Crippen molar-refractivity contribution in [1.82, 2.24) is 14.5 Å². The fraction of sp³-hybridized carbons (Fsp3) is 0.259. The van der Waals surface area contributed by atoms with Crippen molar-refractivity contribution in [2.24, 2.45) is 0 Å². The van der Waals surface area contributed by atoms with E-state index in [0.717, 1.165) is 4.90 Å². The van der Waals surface area contributed by atoms with Gasteiger partial charge in [0.25, 0.3) is 17.4 Å². The van der Waals surface area contributed by atoms with E-state index in [9.17, 15) is 27.6 Å². The minimum absolute atomic E-state index is 0.0176. The van der Waals surface area contributed by atoms with Crippen LogP contribution in [0.1, 0.15) is 33.0 Å². The van der Waals surface area contributed by atoms with Gasteiger partial charge in [0.2, 0.25) is 0 Å². The topological polar surface area (TPSA) is 90.7 Å². The molecule has 2 heterocycles. The number of fused-ring (bicyclic) bond motifs is 2. The highest BCUT2D eigenvalue weighted by molar-refractivity contribution is 6.22.